The molecule has 0 spiro atoms. The molecule has 0 amide bonds. The third-order valence-electron chi connectivity index (χ3n) is 3.19. The van der Waals surface area contributed by atoms with Gasteiger partial charge in [-0.15, -0.1) is 6.58 Å². The first-order chi connectivity index (χ1) is 9.88. The van der Waals surface area contributed by atoms with E-state index in [0.717, 1.165) is 5.69 Å². The molecule has 1 aromatic heterocycles. The van der Waals surface area contributed by atoms with Crippen LogP contribution in [-0.2, 0) is 21.3 Å². The predicted molar refractivity (Wildman–Crippen MR) is 83.5 cm³/mol. The van der Waals surface area contributed by atoms with Crippen molar-refractivity contribution in [1.82, 2.24) is 8.87 Å². The Hall–Kier alpha value is -1.15. The zero-order valence-electron chi connectivity index (χ0n) is 12.9. The van der Waals surface area contributed by atoms with Crippen LogP contribution in [-0.4, -0.2) is 44.1 Å². The molecule has 1 heterocycles. The monoisotopic (exact) mass is 315 g/mol. The fourth-order valence-corrected chi connectivity index (χ4v) is 3.52. The van der Waals surface area contributed by atoms with Crippen LogP contribution < -0.4 is 5.73 Å². The topological polar surface area (TPSA) is 77.6 Å². The normalized spacial score (nSPS) is 12.3. The van der Waals surface area contributed by atoms with Gasteiger partial charge in [-0.3, -0.25) is 0 Å². The lowest BCUT2D eigenvalue weighted by Gasteiger charge is -2.19. The van der Waals surface area contributed by atoms with Crippen molar-refractivity contribution in [2.24, 2.45) is 5.73 Å². The first kappa shape index (κ1) is 17.9. The molecule has 7 heteroatoms. The molecule has 0 aliphatic carbocycles. The molecule has 0 bridgehead atoms. The van der Waals surface area contributed by atoms with E-state index in [0.29, 0.717) is 13.2 Å². The maximum atomic E-state index is 12.7. The highest BCUT2D eigenvalue weighted by Gasteiger charge is 2.25. The molecule has 1 aromatic rings. The molecule has 21 heavy (non-hydrogen) atoms. The number of methoxy groups -OCH3 is 1. The summed E-state index contributed by atoms with van der Waals surface area (Å²) in [5.74, 6) is 0. The Morgan fingerprint density at radius 2 is 2.19 bits per heavy atom. The van der Waals surface area contributed by atoms with Crippen molar-refractivity contribution in [1.29, 1.82) is 0 Å². The van der Waals surface area contributed by atoms with Crippen LogP contribution in [0.2, 0.25) is 0 Å². The molecule has 120 valence electrons. The summed E-state index contributed by atoms with van der Waals surface area (Å²) in [6.45, 7) is 8.75. The number of sulfonamides is 1. The summed E-state index contributed by atoms with van der Waals surface area (Å²) in [5.41, 5.74) is 6.49. The third-order valence-corrected chi connectivity index (χ3v) is 5.02. The average Bonchev–Trinajstić information content (AvgIpc) is 2.88. The summed E-state index contributed by atoms with van der Waals surface area (Å²) in [4.78, 5) is 0.259. The highest BCUT2D eigenvalue weighted by atomic mass is 32.2. The fraction of sp³-hybridized carbons (Fsp3) is 0.571. The molecule has 0 radical (unpaired) electrons. The van der Waals surface area contributed by atoms with Crippen molar-refractivity contribution in [3.63, 3.8) is 0 Å². The van der Waals surface area contributed by atoms with E-state index in [2.05, 4.69) is 6.58 Å². The first-order valence-electron chi connectivity index (χ1n) is 6.89. The second-order valence-electron chi connectivity index (χ2n) is 5.02. The highest BCUT2D eigenvalue weighted by Crippen LogP contribution is 2.22. The van der Waals surface area contributed by atoms with Crippen LogP contribution >= 0.6 is 0 Å². The van der Waals surface area contributed by atoms with Gasteiger partial charge in [0.1, 0.15) is 4.90 Å². The molecular weight excluding hydrogens is 290 g/mol. The summed E-state index contributed by atoms with van der Waals surface area (Å²) in [7, 11) is -2.03. The van der Waals surface area contributed by atoms with Crippen molar-refractivity contribution in [3.05, 3.63) is 30.6 Å². The van der Waals surface area contributed by atoms with Crippen molar-refractivity contribution in [3.8, 4) is 0 Å². The minimum Gasteiger partial charge on any atom is -0.383 e. The van der Waals surface area contributed by atoms with E-state index in [1.54, 1.807) is 25.4 Å². The lowest BCUT2D eigenvalue weighted by molar-refractivity contribution is 0.182. The van der Waals surface area contributed by atoms with Gasteiger partial charge in [-0.2, -0.15) is 4.31 Å². The summed E-state index contributed by atoms with van der Waals surface area (Å²) in [6, 6.07) is 1.79. The van der Waals surface area contributed by atoms with Crippen LogP contribution in [0.4, 0.5) is 0 Å². The Bertz CT molecular complexity index is 564. The predicted octanol–water partition coefficient (Wildman–Crippen LogP) is 1.35. The average molecular weight is 315 g/mol. The van der Waals surface area contributed by atoms with Gasteiger partial charge in [0, 0.05) is 44.7 Å². The van der Waals surface area contributed by atoms with Crippen molar-refractivity contribution >= 4 is 10.0 Å². The smallest absolute Gasteiger partial charge is 0.244 e. The van der Waals surface area contributed by atoms with Crippen molar-refractivity contribution < 1.29 is 13.2 Å². The van der Waals surface area contributed by atoms with Crippen molar-refractivity contribution in [2.75, 3.05) is 26.8 Å². The molecule has 0 aliphatic heterocycles. The summed E-state index contributed by atoms with van der Waals surface area (Å²) in [5, 5.41) is 0. The fourth-order valence-electron chi connectivity index (χ4n) is 2.08. The molecule has 0 saturated heterocycles. The third kappa shape index (κ3) is 4.16. The van der Waals surface area contributed by atoms with Gasteiger partial charge in [-0.25, -0.2) is 8.42 Å². The number of rotatable bonds is 9. The van der Waals surface area contributed by atoms with Gasteiger partial charge in [-0.05, 0) is 19.9 Å². The highest BCUT2D eigenvalue weighted by molar-refractivity contribution is 7.89. The van der Waals surface area contributed by atoms with Gasteiger partial charge in [-0.1, -0.05) is 6.08 Å². The summed E-state index contributed by atoms with van der Waals surface area (Å²) < 4.78 is 33.6. The first-order valence-corrected chi connectivity index (χ1v) is 8.33. The molecule has 0 aliphatic rings. The Balaban J connectivity index is 3.18. The summed E-state index contributed by atoms with van der Waals surface area (Å²) in [6.07, 6.45) is 3.21. The van der Waals surface area contributed by atoms with Crippen LogP contribution in [0, 0.1) is 0 Å². The number of nitrogens with two attached hydrogens (primary N) is 1. The van der Waals surface area contributed by atoms with Crippen LogP contribution in [0.5, 0.6) is 0 Å². The molecular formula is C14H25N3O3S. The second kappa shape index (κ2) is 7.74. The molecule has 0 saturated carbocycles. The van der Waals surface area contributed by atoms with Crippen LogP contribution in [0.3, 0.4) is 0 Å². The maximum absolute atomic E-state index is 12.7. The van der Waals surface area contributed by atoms with Gasteiger partial charge in [0.05, 0.1) is 6.61 Å². The van der Waals surface area contributed by atoms with E-state index in [1.165, 1.54) is 4.31 Å². The largest absolute Gasteiger partial charge is 0.383 e. The van der Waals surface area contributed by atoms with E-state index in [1.807, 2.05) is 18.4 Å². The number of hydrogen-bond donors (Lipinski definition) is 1. The van der Waals surface area contributed by atoms with Gasteiger partial charge in [0.25, 0.3) is 0 Å². The van der Waals surface area contributed by atoms with E-state index >= 15 is 0 Å². The molecule has 0 atom stereocenters. The van der Waals surface area contributed by atoms with Crippen LogP contribution in [0.1, 0.15) is 25.6 Å². The Morgan fingerprint density at radius 1 is 1.52 bits per heavy atom. The van der Waals surface area contributed by atoms with Gasteiger partial charge in [0.15, 0.2) is 0 Å². The van der Waals surface area contributed by atoms with E-state index < -0.39 is 10.0 Å². The van der Waals surface area contributed by atoms with Gasteiger partial charge in [0.2, 0.25) is 10.0 Å². The second-order valence-corrected chi connectivity index (χ2v) is 6.95. The molecule has 0 unspecified atom stereocenters. The number of ether oxygens (including phenoxy) is 1. The van der Waals surface area contributed by atoms with E-state index in [9.17, 15) is 8.42 Å². The van der Waals surface area contributed by atoms with Crippen LogP contribution in [0.15, 0.2) is 29.8 Å². The zero-order valence-corrected chi connectivity index (χ0v) is 13.8. The number of hydrogen-bond acceptors (Lipinski definition) is 4. The maximum Gasteiger partial charge on any atom is 0.244 e. The Labute approximate surface area is 127 Å². The van der Waals surface area contributed by atoms with Crippen LogP contribution in [0.25, 0.3) is 0 Å². The number of nitrogens with zero attached hydrogens (tertiary/aromatic N) is 2. The van der Waals surface area contributed by atoms with Gasteiger partial charge >= 0.3 is 0 Å². The molecule has 1 rings (SSSR count). The minimum absolute atomic E-state index is 0.152. The Kier molecular flexibility index (Phi) is 6.60. The number of aromatic nitrogens is 1. The minimum atomic E-state index is -3.58. The zero-order chi connectivity index (χ0) is 16.0. The van der Waals surface area contributed by atoms with Crippen molar-refractivity contribution in [2.45, 2.75) is 31.3 Å². The molecule has 2 N–H and O–H groups in total. The SMILES string of the molecule is C=CCN(CCOC)S(=O)(=O)c1cc(CN)n(C(C)C)c1. The molecule has 0 fully saturated rings. The van der Waals surface area contributed by atoms with Gasteiger partial charge < -0.3 is 15.0 Å². The molecule has 6 nitrogen and oxygen atoms in total. The molecule has 0 aromatic carbocycles. The quantitative estimate of drug-likeness (QED) is 0.698. The summed E-state index contributed by atoms with van der Waals surface area (Å²) >= 11 is 0. The Morgan fingerprint density at radius 3 is 2.62 bits per heavy atom. The lowest BCUT2D eigenvalue weighted by Crippen LogP contribution is -2.34. The van der Waals surface area contributed by atoms with E-state index in [-0.39, 0.29) is 24.0 Å². The van der Waals surface area contributed by atoms with E-state index in [4.69, 9.17) is 10.5 Å². The standard InChI is InChI=1S/C14H25N3O3S/c1-5-6-16(7-8-20-4)21(18,19)14-9-13(10-15)17(11-14)12(2)3/h5,9,11-12H,1,6-8,10,15H2,2-4H3. The lowest BCUT2D eigenvalue weighted by atomic mass is 10.3.